The number of carbonyl (C=O) groups is 1. The van der Waals surface area contributed by atoms with Crippen molar-refractivity contribution < 1.29 is 9.90 Å². The van der Waals surface area contributed by atoms with Gasteiger partial charge in [-0.25, -0.2) is 0 Å². The minimum Gasteiger partial charge on any atom is -0.372 e. The zero-order chi connectivity index (χ0) is 20.6. The Labute approximate surface area is 176 Å². The summed E-state index contributed by atoms with van der Waals surface area (Å²) in [5, 5.41) is 14.3. The van der Waals surface area contributed by atoms with Gasteiger partial charge in [0.25, 0.3) is 5.91 Å². The molecule has 1 aliphatic heterocycles. The van der Waals surface area contributed by atoms with E-state index in [9.17, 15) is 9.90 Å². The van der Waals surface area contributed by atoms with Crippen LogP contribution in [-0.2, 0) is 10.4 Å². The second-order valence-electron chi connectivity index (χ2n) is 7.42. The van der Waals surface area contributed by atoms with Crippen LogP contribution >= 0.6 is 11.6 Å². The molecule has 150 valence electrons. The van der Waals surface area contributed by atoms with Gasteiger partial charge in [-0.1, -0.05) is 61.8 Å². The summed E-state index contributed by atoms with van der Waals surface area (Å²) in [7, 11) is 0. The molecule has 0 aliphatic carbocycles. The molecule has 0 radical (unpaired) electrons. The van der Waals surface area contributed by atoms with Crippen molar-refractivity contribution in [2.45, 2.75) is 19.4 Å². The number of anilines is 1. The Morgan fingerprint density at radius 1 is 1.00 bits per heavy atom. The molecular formula is C24H25ClN2O2. The zero-order valence-corrected chi connectivity index (χ0v) is 17.5. The Hall–Kier alpha value is -2.40. The standard InChI is InChI=1S/C24H25ClN2O2/c1-3-26(4-2)13-14-27-22-12-11-20(25)16-21(22)24(29,23(27)28)19-10-9-17-7-5-6-8-18(17)15-19/h5-12,15-16,29H,3-4,13-14H2,1-2H3. The van der Waals surface area contributed by atoms with Crippen molar-refractivity contribution in [3.05, 3.63) is 76.8 Å². The van der Waals surface area contributed by atoms with E-state index >= 15 is 0 Å². The molecule has 3 aromatic rings. The number of hydrogen-bond donors (Lipinski definition) is 1. The van der Waals surface area contributed by atoms with Crippen LogP contribution < -0.4 is 4.90 Å². The minimum absolute atomic E-state index is 0.322. The molecule has 4 rings (SSSR count). The van der Waals surface area contributed by atoms with E-state index in [1.807, 2.05) is 48.5 Å². The van der Waals surface area contributed by atoms with Crippen molar-refractivity contribution in [2.75, 3.05) is 31.1 Å². The highest BCUT2D eigenvalue weighted by molar-refractivity contribution is 6.31. The van der Waals surface area contributed by atoms with Gasteiger partial charge in [-0.3, -0.25) is 4.79 Å². The third kappa shape index (κ3) is 3.31. The largest absolute Gasteiger partial charge is 0.372 e. The van der Waals surface area contributed by atoms with Gasteiger partial charge >= 0.3 is 0 Å². The molecule has 0 aromatic heterocycles. The smallest absolute Gasteiger partial charge is 0.268 e. The van der Waals surface area contributed by atoms with Gasteiger partial charge in [0, 0.05) is 23.7 Å². The lowest BCUT2D eigenvalue weighted by atomic mass is 9.86. The van der Waals surface area contributed by atoms with Crippen LogP contribution in [0, 0.1) is 0 Å². The lowest BCUT2D eigenvalue weighted by Gasteiger charge is -2.26. The number of aliphatic hydroxyl groups is 1. The number of nitrogens with zero attached hydrogens (tertiary/aromatic N) is 2. The van der Waals surface area contributed by atoms with E-state index in [1.54, 1.807) is 17.0 Å². The number of rotatable bonds is 6. The molecule has 5 heteroatoms. The molecule has 1 aliphatic rings. The average molecular weight is 409 g/mol. The molecule has 0 saturated heterocycles. The van der Waals surface area contributed by atoms with Gasteiger partial charge in [-0.2, -0.15) is 0 Å². The molecule has 1 atom stereocenters. The lowest BCUT2D eigenvalue weighted by Crippen LogP contribution is -2.44. The summed E-state index contributed by atoms with van der Waals surface area (Å²) < 4.78 is 0. The summed E-state index contributed by atoms with van der Waals surface area (Å²) >= 11 is 6.25. The third-order valence-corrected chi connectivity index (χ3v) is 6.13. The molecule has 1 N–H and O–H groups in total. The van der Waals surface area contributed by atoms with Crippen LogP contribution in [0.1, 0.15) is 25.0 Å². The molecule has 0 saturated carbocycles. The molecule has 1 heterocycles. The van der Waals surface area contributed by atoms with Crippen molar-refractivity contribution in [1.82, 2.24) is 4.90 Å². The Kier molecular flexibility index (Phi) is 5.34. The van der Waals surface area contributed by atoms with E-state index in [0.717, 1.165) is 36.1 Å². The molecular weight excluding hydrogens is 384 g/mol. The SMILES string of the molecule is CCN(CC)CCN1C(=O)C(O)(c2ccc3ccccc3c2)c2cc(Cl)ccc21. The summed E-state index contributed by atoms with van der Waals surface area (Å²) in [5.74, 6) is -0.322. The quantitative estimate of drug-likeness (QED) is 0.656. The molecule has 1 unspecified atom stereocenters. The van der Waals surface area contributed by atoms with Crippen LogP contribution in [-0.4, -0.2) is 42.1 Å². The highest BCUT2D eigenvalue weighted by Gasteiger charge is 2.51. The van der Waals surface area contributed by atoms with Gasteiger partial charge in [0.05, 0.1) is 5.69 Å². The molecule has 0 bridgehead atoms. The van der Waals surface area contributed by atoms with Crippen LogP contribution in [0.2, 0.25) is 5.02 Å². The summed E-state index contributed by atoms with van der Waals surface area (Å²) in [6.45, 7) is 7.31. The Morgan fingerprint density at radius 2 is 1.72 bits per heavy atom. The Morgan fingerprint density at radius 3 is 2.45 bits per heavy atom. The van der Waals surface area contributed by atoms with Gasteiger partial charge in [-0.15, -0.1) is 0 Å². The van der Waals surface area contributed by atoms with E-state index in [-0.39, 0.29) is 5.91 Å². The molecule has 4 nitrogen and oxygen atoms in total. The first-order chi connectivity index (χ1) is 14.0. The first kappa shape index (κ1) is 19.9. The molecule has 0 fully saturated rings. The van der Waals surface area contributed by atoms with Crippen molar-refractivity contribution in [1.29, 1.82) is 0 Å². The maximum absolute atomic E-state index is 13.5. The third-order valence-electron chi connectivity index (χ3n) is 5.90. The Balaban J connectivity index is 1.80. The van der Waals surface area contributed by atoms with Gasteiger partial charge in [0.1, 0.15) is 0 Å². The number of carbonyl (C=O) groups excluding carboxylic acids is 1. The summed E-state index contributed by atoms with van der Waals surface area (Å²) in [5.41, 5.74) is 0.0927. The van der Waals surface area contributed by atoms with Gasteiger partial charge < -0.3 is 14.9 Å². The highest BCUT2D eigenvalue weighted by Crippen LogP contribution is 2.45. The number of benzene rings is 3. The average Bonchev–Trinajstić information content (AvgIpc) is 2.96. The Bertz CT molecular complexity index is 1060. The van der Waals surface area contributed by atoms with Crippen molar-refractivity contribution in [2.24, 2.45) is 0 Å². The van der Waals surface area contributed by atoms with Crippen LogP contribution in [0.4, 0.5) is 5.69 Å². The zero-order valence-electron chi connectivity index (χ0n) is 16.7. The fourth-order valence-corrected chi connectivity index (χ4v) is 4.32. The van der Waals surface area contributed by atoms with E-state index in [4.69, 9.17) is 11.6 Å². The highest BCUT2D eigenvalue weighted by atomic mass is 35.5. The fourth-order valence-electron chi connectivity index (χ4n) is 4.15. The molecule has 3 aromatic carbocycles. The summed E-state index contributed by atoms with van der Waals surface area (Å²) in [6, 6.07) is 18.9. The lowest BCUT2D eigenvalue weighted by molar-refractivity contribution is -0.132. The first-order valence-corrected chi connectivity index (χ1v) is 10.4. The summed E-state index contributed by atoms with van der Waals surface area (Å²) in [4.78, 5) is 17.5. The number of fused-ring (bicyclic) bond motifs is 2. The monoisotopic (exact) mass is 408 g/mol. The van der Waals surface area contributed by atoms with E-state index in [2.05, 4.69) is 18.7 Å². The second kappa shape index (κ2) is 7.79. The van der Waals surface area contributed by atoms with Crippen LogP contribution in [0.3, 0.4) is 0 Å². The van der Waals surface area contributed by atoms with Crippen LogP contribution in [0.25, 0.3) is 10.8 Å². The van der Waals surface area contributed by atoms with Crippen LogP contribution in [0.15, 0.2) is 60.7 Å². The number of halogens is 1. The number of hydrogen-bond acceptors (Lipinski definition) is 3. The van der Waals surface area contributed by atoms with Crippen molar-refractivity contribution >= 4 is 34.0 Å². The second-order valence-corrected chi connectivity index (χ2v) is 7.85. The van der Waals surface area contributed by atoms with Gasteiger partial charge in [0.2, 0.25) is 0 Å². The van der Waals surface area contributed by atoms with Crippen molar-refractivity contribution in [3.8, 4) is 0 Å². The predicted octanol–water partition coefficient (Wildman–Crippen LogP) is 4.42. The molecule has 0 spiro atoms. The normalized spacial score (nSPS) is 18.7. The van der Waals surface area contributed by atoms with E-state index < -0.39 is 5.60 Å². The maximum Gasteiger partial charge on any atom is 0.268 e. The predicted molar refractivity (Wildman–Crippen MR) is 119 cm³/mol. The summed E-state index contributed by atoms with van der Waals surface area (Å²) in [6.07, 6.45) is 0. The number of likely N-dealkylation sites (N-methyl/N-ethyl adjacent to an activating group) is 1. The van der Waals surface area contributed by atoms with E-state index in [1.165, 1.54) is 0 Å². The van der Waals surface area contributed by atoms with Gasteiger partial charge in [0.15, 0.2) is 5.60 Å². The maximum atomic E-state index is 13.5. The topological polar surface area (TPSA) is 43.8 Å². The van der Waals surface area contributed by atoms with E-state index in [0.29, 0.717) is 22.7 Å². The number of amides is 1. The van der Waals surface area contributed by atoms with Gasteiger partial charge in [-0.05, 0) is 53.7 Å². The fraction of sp³-hybridized carbons (Fsp3) is 0.292. The van der Waals surface area contributed by atoms with Crippen LogP contribution in [0.5, 0.6) is 0 Å². The molecule has 29 heavy (non-hydrogen) atoms. The first-order valence-electron chi connectivity index (χ1n) is 10.0. The minimum atomic E-state index is -1.74. The molecule has 1 amide bonds. The van der Waals surface area contributed by atoms with Crippen molar-refractivity contribution in [3.63, 3.8) is 0 Å².